The number of amides is 1. The van der Waals surface area contributed by atoms with Gasteiger partial charge in [0.1, 0.15) is 12.4 Å². The van der Waals surface area contributed by atoms with Crippen LogP contribution in [0.1, 0.15) is 35.2 Å². The molecule has 1 aliphatic heterocycles. The fourth-order valence-electron chi connectivity index (χ4n) is 2.94. The maximum absolute atomic E-state index is 13.1. The Hall–Kier alpha value is -2.54. The summed E-state index contributed by atoms with van der Waals surface area (Å²) >= 11 is 0. The Labute approximate surface area is 155 Å². The van der Waals surface area contributed by atoms with Crippen molar-refractivity contribution < 1.29 is 27.4 Å². The van der Waals surface area contributed by atoms with E-state index in [-0.39, 0.29) is 6.10 Å². The molecule has 1 saturated heterocycles. The average Bonchev–Trinajstić information content (AvgIpc) is 2.67. The SMILES string of the molecule is O=C(Nc1ccccc1OC[C@H]1CCCCO1)c1ccccc1C(F)(F)F. The maximum Gasteiger partial charge on any atom is 0.417 e. The van der Waals surface area contributed by atoms with Gasteiger partial charge in [-0.2, -0.15) is 13.2 Å². The molecule has 4 nitrogen and oxygen atoms in total. The van der Waals surface area contributed by atoms with E-state index in [0.29, 0.717) is 24.7 Å². The van der Waals surface area contributed by atoms with Gasteiger partial charge in [-0.3, -0.25) is 4.79 Å². The zero-order valence-corrected chi connectivity index (χ0v) is 14.6. The molecule has 1 amide bonds. The lowest BCUT2D eigenvalue weighted by atomic mass is 10.1. The van der Waals surface area contributed by atoms with Crippen LogP contribution in [0.2, 0.25) is 0 Å². The molecule has 1 aliphatic rings. The first-order valence-electron chi connectivity index (χ1n) is 8.76. The summed E-state index contributed by atoms with van der Waals surface area (Å²) < 4.78 is 50.8. The van der Waals surface area contributed by atoms with Crippen molar-refractivity contribution in [3.05, 3.63) is 59.7 Å². The minimum absolute atomic E-state index is 0.0199. The second-order valence-corrected chi connectivity index (χ2v) is 6.29. The van der Waals surface area contributed by atoms with Crippen molar-refractivity contribution in [2.45, 2.75) is 31.5 Å². The number of carbonyl (C=O) groups excluding carboxylic acids is 1. The molecule has 2 aromatic rings. The van der Waals surface area contributed by atoms with E-state index >= 15 is 0 Å². The zero-order valence-electron chi connectivity index (χ0n) is 14.6. The highest BCUT2D eigenvalue weighted by Gasteiger charge is 2.35. The van der Waals surface area contributed by atoms with Gasteiger partial charge in [0.25, 0.3) is 5.91 Å². The lowest BCUT2D eigenvalue weighted by Gasteiger charge is -2.23. The number of rotatable bonds is 5. The second kappa shape index (κ2) is 8.43. The third-order valence-corrected chi connectivity index (χ3v) is 4.31. The van der Waals surface area contributed by atoms with Crippen LogP contribution in [0.3, 0.4) is 0 Å². The Morgan fingerprint density at radius 1 is 1.11 bits per heavy atom. The fraction of sp³-hybridized carbons (Fsp3) is 0.350. The summed E-state index contributed by atoms with van der Waals surface area (Å²) in [5, 5.41) is 2.52. The van der Waals surface area contributed by atoms with E-state index in [0.717, 1.165) is 31.4 Å². The molecule has 144 valence electrons. The third kappa shape index (κ3) is 5.01. The number of halogens is 3. The number of carbonyl (C=O) groups is 1. The van der Waals surface area contributed by atoms with Gasteiger partial charge in [0.2, 0.25) is 0 Å². The summed E-state index contributed by atoms with van der Waals surface area (Å²) in [6, 6.07) is 11.3. The Kier molecular flexibility index (Phi) is 6.01. The molecule has 27 heavy (non-hydrogen) atoms. The molecule has 0 aliphatic carbocycles. The minimum Gasteiger partial charge on any atom is -0.489 e. The van der Waals surface area contributed by atoms with E-state index in [4.69, 9.17) is 9.47 Å². The molecule has 7 heteroatoms. The summed E-state index contributed by atoms with van der Waals surface area (Å²) in [6.45, 7) is 1.02. The highest BCUT2D eigenvalue weighted by Crippen LogP contribution is 2.33. The quantitative estimate of drug-likeness (QED) is 0.803. The van der Waals surface area contributed by atoms with Crippen molar-refractivity contribution in [3.63, 3.8) is 0 Å². The van der Waals surface area contributed by atoms with Crippen LogP contribution in [-0.4, -0.2) is 25.2 Å². The number of anilines is 1. The predicted molar refractivity (Wildman–Crippen MR) is 94.9 cm³/mol. The van der Waals surface area contributed by atoms with Gasteiger partial charge in [0.05, 0.1) is 22.9 Å². The van der Waals surface area contributed by atoms with E-state index in [9.17, 15) is 18.0 Å². The summed E-state index contributed by atoms with van der Waals surface area (Å²) in [6.07, 6.45) is -1.63. The van der Waals surface area contributed by atoms with Crippen LogP contribution in [-0.2, 0) is 10.9 Å². The number of nitrogens with one attached hydrogen (secondary N) is 1. The fourth-order valence-corrected chi connectivity index (χ4v) is 2.94. The van der Waals surface area contributed by atoms with Crippen LogP contribution in [0.4, 0.5) is 18.9 Å². The van der Waals surface area contributed by atoms with Crippen molar-refractivity contribution in [1.82, 2.24) is 0 Å². The van der Waals surface area contributed by atoms with Crippen LogP contribution in [0.5, 0.6) is 5.75 Å². The molecular formula is C20H20F3NO3. The van der Waals surface area contributed by atoms with Crippen LogP contribution < -0.4 is 10.1 Å². The van der Waals surface area contributed by atoms with Gasteiger partial charge >= 0.3 is 6.18 Å². The molecule has 1 atom stereocenters. The lowest BCUT2D eigenvalue weighted by Crippen LogP contribution is -2.26. The van der Waals surface area contributed by atoms with Gasteiger partial charge in [-0.25, -0.2) is 0 Å². The summed E-state index contributed by atoms with van der Waals surface area (Å²) in [7, 11) is 0. The molecule has 0 unspecified atom stereocenters. The topological polar surface area (TPSA) is 47.6 Å². The lowest BCUT2D eigenvalue weighted by molar-refractivity contribution is -0.137. The van der Waals surface area contributed by atoms with Gasteiger partial charge < -0.3 is 14.8 Å². The Bertz CT molecular complexity index is 786. The largest absolute Gasteiger partial charge is 0.489 e. The number of hydrogen-bond donors (Lipinski definition) is 1. The first-order chi connectivity index (χ1) is 12.9. The van der Waals surface area contributed by atoms with E-state index in [2.05, 4.69) is 5.32 Å². The van der Waals surface area contributed by atoms with Crippen molar-refractivity contribution in [2.24, 2.45) is 0 Å². The zero-order chi connectivity index (χ0) is 19.3. The first kappa shape index (κ1) is 19.2. The number of hydrogen-bond acceptors (Lipinski definition) is 3. The molecule has 0 saturated carbocycles. The number of para-hydroxylation sites is 2. The Balaban J connectivity index is 1.73. The summed E-state index contributed by atoms with van der Waals surface area (Å²) in [4.78, 5) is 12.4. The molecule has 1 N–H and O–H groups in total. The van der Waals surface area contributed by atoms with Crippen molar-refractivity contribution in [2.75, 3.05) is 18.5 Å². The molecule has 1 heterocycles. The second-order valence-electron chi connectivity index (χ2n) is 6.29. The van der Waals surface area contributed by atoms with Gasteiger partial charge in [-0.1, -0.05) is 24.3 Å². The van der Waals surface area contributed by atoms with E-state index < -0.39 is 23.2 Å². The third-order valence-electron chi connectivity index (χ3n) is 4.31. The van der Waals surface area contributed by atoms with Crippen LogP contribution in [0.25, 0.3) is 0 Å². The predicted octanol–water partition coefficient (Wildman–Crippen LogP) is 4.91. The molecule has 0 aromatic heterocycles. The molecule has 0 bridgehead atoms. The minimum atomic E-state index is -4.61. The van der Waals surface area contributed by atoms with Crippen molar-refractivity contribution in [3.8, 4) is 5.75 Å². The van der Waals surface area contributed by atoms with Crippen molar-refractivity contribution in [1.29, 1.82) is 0 Å². The molecule has 0 radical (unpaired) electrons. The van der Waals surface area contributed by atoms with E-state index in [1.54, 1.807) is 24.3 Å². The molecule has 2 aromatic carbocycles. The smallest absolute Gasteiger partial charge is 0.417 e. The van der Waals surface area contributed by atoms with Crippen LogP contribution in [0.15, 0.2) is 48.5 Å². The summed E-state index contributed by atoms with van der Waals surface area (Å²) in [5.74, 6) is -0.447. The highest BCUT2D eigenvalue weighted by molar-refractivity contribution is 6.06. The molecule has 1 fully saturated rings. The Morgan fingerprint density at radius 2 is 1.85 bits per heavy atom. The normalized spacial score (nSPS) is 17.4. The van der Waals surface area contributed by atoms with E-state index in [1.807, 2.05) is 0 Å². The van der Waals surface area contributed by atoms with E-state index in [1.165, 1.54) is 12.1 Å². The number of ether oxygens (including phenoxy) is 2. The standard InChI is InChI=1S/C20H20F3NO3/c21-20(22,23)16-9-2-1-8-15(16)19(25)24-17-10-3-4-11-18(17)27-13-14-7-5-6-12-26-14/h1-4,8-11,14H,5-7,12-13H2,(H,24,25)/t14-/m1/s1. The average molecular weight is 379 g/mol. The molecule has 3 rings (SSSR count). The van der Waals surface area contributed by atoms with Crippen LogP contribution in [0, 0.1) is 0 Å². The maximum atomic E-state index is 13.1. The summed E-state index contributed by atoms with van der Waals surface area (Å²) in [5.41, 5.74) is -1.10. The van der Waals surface area contributed by atoms with Gasteiger partial charge in [-0.05, 0) is 43.5 Å². The highest BCUT2D eigenvalue weighted by atomic mass is 19.4. The molecular weight excluding hydrogens is 359 g/mol. The monoisotopic (exact) mass is 379 g/mol. The van der Waals surface area contributed by atoms with Crippen molar-refractivity contribution >= 4 is 11.6 Å². The van der Waals surface area contributed by atoms with Gasteiger partial charge in [0.15, 0.2) is 0 Å². The van der Waals surface area contributed by atoms with Crippen LogP contribution >= 0.6 is 0 Å². The van der Waals surface area contributed by atoms with Gasteiger partial charge in [-0.15, -0.1) is 0 Å². The number of benzene rings is 2. The number of alkyl halides is 3. The molecule has 0 spiro atoms. The first-order valence-corrected chi connectivity index (χ1v) is 8.76. The Morgan fingerprint density at radius 3 is 2.59 bits per heavy atom. The van der Waals surface area contributed by atoms with Gasteiger partial charge in [0, 0.05) is 6.61 Å².